The monoisotopic (exact) mass is 435 g/mol. The summed E-state index contributed by atoms with van der Waals surface area (Å²) in [5, 5.41) is 0.701. The summed E-state index contributed by atoms with van der Waals surface area (Å²) in [6.45, 7) is 1.92. The topological polar surface area (TPSA) is 64.8 Å². The lowest BCUT2D eigenvalue weighted by Crippen LogP contribution is -2.14. The van der Waals surface area contributed by atoms with Crippen molar-refractivity contribution in [3.63, 3.8) is 0 Å². The lowest BCUT2D eigenvalue weighted by atomic mass is 10.2. The quantitative estimate of drug-likeness (QED) is 0.581. The number of benzene rings is 1. The molecular weight excluding hydrogens is 425 g/mol. The molecule has 0 radical (unpaired) electrons. The van der Waals surface area contributed by atoms with Gasteiger partial charge in [0.2, 0.25) is 0 Å². The molecule has 21 heavy (non-hydrogen) atoms. The van der Waals surface area contributed by atoms with Crippen molar-refractivity contribution in [2.75, 3.05) is 0 Å². The highest BCUT2D eigenvalue weighted by Crippen LogP contribution is 2.24. The van der Waals surface area contributed by atoms with E-state index in [4.69, 9.17) is 0 Å². The van der Waals surface area contributed by atoms with Crippen molar-refractivity contribution in [3.8, 4) is 0 Å². The fourth-order valence-electron chi connectivity index (χ4n) is 1.94. The number of hydrogen-bond donors (Lipinski definition) is 0. The average molecular weight is 436 g/mol. The van der Waals surface area contributed by atoms with Gasteiger partial charge in [0, 0.05) is 11.6 Å². The van der Waals surface area contributed by atoms with E-state index >= 15 is 0 Å². The van der Waals surface area contributed by atoms with E-state index in [1.54, 1.807) is 36.5 Å². The Balaban J connectivity index is 0.00000161. The minimum Gasteiger partial charge on any atom is -0.244 e. The molecule has 2 aromatic heterocycles. The molecule has 0 aliphatic rings. The Morgan fingerprint density at radius 1 is 1.19 bits per heavy atom. The molecule has 0 amide bonds. The fourth-order valence-corrected chi connectivity index (χ4v) is 4.63. The van der Waals surface area contributed by atoms with Crippen LogP contribution in [-0.2, 0) is 10.0 Å². The highest BCUT2D eigenvalue weighted by atomic mass is 127. The van der Waals surface area contributed by atoms with Gasteiger partial charge in [-0.15, -0.1) is 12.4 Å². The summed E-state index contributed by atoms with van der Waals surface area (Å²) >= 11 is 1.99. The first-order valence-electron chi connectivity index (χ1n) is 5.79. The largest absolute Gasteiger partial charge is 0.270 e. The summed E-state index contributed by atoms with van der Waals surface area (Å²) in [5.41, 5.74) is 1.41. The molecule has 110 valence electrons. The first-order valence-corrected chi connectivity index (χ1v) is 8.31. The van der Waals surface area contributed by atoms with Gasteiger partial charge < -0.3 is 0 Å². The third kappa shape index (κ3) is 2.77. The number of nitrogens with zero attached hydrogens (tertiary/aromatic N) is 3. The molecular formula is C13H11ClIN3O2S. The standard InChI is InChI=1S/C13H10IN3O2S.ClH/c1-9-2-4-11(5-3-9)20(18,19)17-12(14)6-10-7-15-8-16-13(10)17;/h2-8H,1H3;1H. The van der Waals surface area contributed by atoms with Crippen molar-refractivity contribution < 1.29 is 8.42 Å². The van der Waals surface area contributed by atoms with E-state index in [2.05, 4.69) is 9.97 Å². The molecule has 0 atom stereocenters. The predicted octanol–water partition coefficient (Wildman–Crippen LogP) is 3.00. The predicted molar refractivity (Wildman–Crippen MR) is 91.3 cm³/mol. The summed E-state index contributed by atoms with van der Waals surface area (Å²) < 4.78 is 27.3. The first-order chi connectivity index (χ1) is 9.50. The summed E-state index contributed by atoms with van der Waals surface area (Å²) in [5.74, 6) is 0. The van der Waals surface area contributed by atoms with Crippen LogP contribution in [0.1, 0.15) is 5.56 Å². The summed E-state index contributed by atoms with van der Waals surface area (Å²) in [6, 6.07) is 8.52. The Kier molecular flexibility index (Phi) is 4.54. The van der Waals surface area contributed by atoms with E-state index in [-0.39, 0.29) is 17.3 Å². The molecule has 0 bridgehead atoms. The molecule has 0 N–H and O–H groups in total. The molecule has 0 spiro atoms. The maximum Gasteiger partial charge on any atom is 0.270 e. The Bertz CT molecular complexity index is 891. The highest BCUT2D eigenvalue weighted by Gasteiger charge is 2.22. The molecule has 3 aromatic rings. The normalized spacial score (nSPS) is 11.3. The van der Waals surface area contributed by atoms with Gasteiger partial charge in [-0.05, 0) is 47.7 Å². The van der Waals surface area contributed by atoms with Gasteiger partial charge in [0.15, 0.2) is 5.65 Å². The maximum absolute atomic E-state index is 12.7. The van der Waals surface area contributed by atoms with Gasteiger partial charge in [0.05, 0.1) is 8.60 Å². The zero-order valence-corrected chi connectivity index (χ0v) is 14.7. The van der Waals surface area contributed by atoms with Crippen LogP contribution < -0.4 is 0 Å². The molecule has 0 saturated carbocycles. The van der Waals surface area contributed by atoms with Crippen molar-refractivity contribution in [1.29, 1.82) is 0 Å². The van der Waals surface area contributed by atoms with Crippen LogP contribution in [0, 0.1) is 10.6 Å². The van der Waals surface area contributed by atoms with Gasteiger partial charge >= 0.3 is 0 Å². The third-order valence-corrected chi connectivity index (χ3v) is 5.78. The van der Waals surface area contributed by atoms with E-state index in [0.29, 0.717) is 14.7 Å². The Labute approximate surface area is 142 Å². The number of halogens is 2. The van der Waals surface area contributed by atoms with Crippen molar-refractivity contribution in [3.05, 3.63) is 52.1 Å². The van der Waals surface area contributed by atoms with Gasteiger partial charge in [-0.3, -0.25) is 0 Å². The fraction of sp³-hybridized carbons (Fsp3) is 0.0769. The van der Waals surface area contributed by atoms with Crippen LogP contribution >= 0.6 is 35.0 Å². The summed E-state index contributed by atoms with van der Waals surface area (Å²) in [4.78, 5) is 8.24. The summed E-state index contributed by atoms with van der Waals surface area (Å²) in [7, 11) is -3.65. The molecule has 5 nitrogen and oxygen atoms in total. The molecule has 8 heteroatoms. The second-order valence-electron chi connectivity index (χ2n) is 4.35. The van der Waals surface area contributed by atoms with Crippen LogP contribution in [0.4, 0.5) is 0 Å². The van der Waals surface area contributed by atoms with Crippen LogP contribution in [0.2, 0.25) is 0 Å². The van der Waals surface area contributed by atoms with Crippen LogP contribution in [0.5, 0.6) is 0 Å². The highest BCUT2D eigenvalue weighted by molar-refractivity contribution is 14.1. The maximum atomic E-state index is 12.7. The van der Waals surface area contributed by atoms with Crippen LogP contribution in [0.15, 0.2) is 47.8 Å². The van der Waals surface area contributed by atoms with E-state index in [0.717, 1.165) is 5.56 Å². The molecule has 2 heterocycles. The second-order valence-corrected chi connectivity index (χ2v) is 7.24. The Hall–Kier alpha value is -1.19. The average Bonchev–Trinajstić information content (AvgIpc) is 2.75. The second kappa shape index (κ2) is 5.90. The number of aromatic nitrogens is 3. The van der Waals surface area contributed by atoms with Crippen LogP contribution in [-0.4, -0.2) is 22.4 Å². The minimum absolute atomic E-state index is 0. The molecule has 0 aliphatic heterocycles. The van der Waals surface area contributed by atoms with Gasteiger partial charge in [0.25, 0.3) is 10.0 Å². The van der Waals surface area contributed by atoms with Gasteiger partial charge in [0.1, 0.15) is 6.33 Å². The lowest BCUT2D eigenvalue weighted by molar-refractivity contribution is 0.587. The molecule has 0 aliphatic carbocycles. The number of fused-ring (bicyclic) bond motifs is 1. The number of aryl methyl sites for hydroxylation is 1. The van der Waals surface area contributed by atoms with E-state index < -0.39 is 10.0 Å². The molecule has 3 rings (SSSR count). The van der Waals surface area contributed by atoms with Gasteiger partial charge in [-0.1, -0.05) is 17.7 Å². The van der Waals surface area contributed by atoms with E-state index in [1.807, 2.05) is 29.5 Å². The third-order valence-electron chi connectivity index (χ3n) is 2.94. The van der Waals surface area contributed by atoms with Crippen molar-refractivity contribution in [2.45, 2.75) is 11.8 Å². The Morgan fingerprint density at radius 3 is 2.52 bits per heavy atom. The SMILES string of the molecule is Cc1ccc(S(=O)(=O)n2c(I)cc3cncnc32)cc1.Cl. The first kappa shape index (κ1) is 16.2. The zero-order valence-electron chi connectivity index (χ0n) is 10.9. The molecule has 0 unspecified atom stereocenters. The van der Waals surface area contributed by atoms with Crippen LogP contribution in [0.3, 0.4) is 0 Å². The van der Waals surface area contributed by atoms with Crippen molar-refractivity contribution >= 4 is 56.1 Å². The lowest BCUT2D eigenvalue weighted by Gasteiger charge is -2.08. The van der Waals surface area contributed by atoms with Gasteiger partial charge in [-0.2, -0.15) is 0 Å². The van der Waals surface area contributed by atoms with Crippen LogP contribution in [0.25, 0.3) is 11.0 Å². The minimum atomic E-state index is -3.65. The zero-order chi connectivity index (χ0) is 14.3. The van der Waals surface area contributed by atoms with Crippen molar-refractivity contribution in [2.24, 2.45) is 0 Å². The smallest absolute Gasteiger partial charge is 0.244 e. The number of rotatable bonds is 2. The van der Waals surface area contributed by atoms with E-state index in [9.17, 15) is 8.42 Å². The van der Waals surface area contributed by atoms with Gasteiger partial charge in [-0.25, -0.2) is 22.4 Å². The number of hydrogen-bond acceptors (Lipinski definition) is 4. The van der Waals surface area contributed by atoms with Crippen molar-refractivity contribution in [1.82, 2.24) is 13.9 Å². The molecule has 0 fully saturated rings. The molecule has 0 saturated heterocycles. The summed E-state index contributed by atoms with van der Waals surface area (Å²) in [6.07, 6.45) is 2.95. The van der Waals surface area contributed by atoms with E-state index in [1.165, 1.54) is 10.3 Å². The molecule has 1 aromatic carbocycles. The Morgan fingerprint density at radius 2 is 1.86 bits per heavy atom.